The van der Waals surface area contributed by atoms with Crippen LogP contribution < -0.4 is 4.74 Å². The Morgan fingerprint density at radius 3 is 2.58 bits per heavy atom. The van der Waals surface area contributed by atoms with Crippen molar-refractivity contribution in [2.75, 3.05) is 33.4 Å². The van der Waals surface area contributed by atoms with Crippen LogP contribution in [0.1, 0.15) is 45.2 Å². The van der Waals surface area contributed by atoms with E-state index in [2.05, 4.69) is 37.8 Å². The Labute approximate surface area is 157 Å². The van der Waals surface area contributed by atoms with E-state index in [9.17, 15) is 4.79 Å². The van der Waals surface area contributed by atoms with Gasteiger partial charge in [0.25, 0.3) is 0 Å². The summed E-state index contributed by atoms with van der Waals surface area (Å²) < 4.78 is 11.0. The Balaban J connectivity index is 1.99. The number of carbonyl (C=O) groups is 1. The van der Waals surface area contributed by atoms with Crippen molar-refractivity contribution in [2.45, 2.75) is 39.7 Å². The van der Waals surface area contributed by atoms with E-state index in [4.69, 9.17) is 9.47 Å². The third-order valence-electron chi connectivity index (χ3n) is 6.26. The number of hydrogen-bond acceptors (Lipinski definition) is 4. The van der Waals surface area contributed by atoms with Gasteiger partial charge in [-0.15, -0.1) is 0 Å². The summed E-state index contributed by atoms with van der Waals surface area (Å²) in [6.45, 7) is 9.87. The number of carbonyl (C=O) groups excluding carboxylic acids is 1. The predicted octanol–water partition coefficient (Wildman–Crippen LogP) is 3.96. The van der Waals surface area contributed by atoms with Gasteiger partial charge in [-0.2, -0.15) is 0 Å². The largest absolute Gasteiger partial charge is 0.497 e. The molecule has 2 aliphatic rings. The lowest BCUT2D eigenvalue weighted by Gasteiger charge is -2.45. The Hall–Kier alpha value is -1.39. The molecule has 0 N–H and O–H groups in total. The molecule has 3 rings (SSSR count). The summed E-state index contributed by atoms with van der Waals surface area (Å²) in [6.07, 6.45) is 2.16. The summed E-state index contributed by atoms with van der Waals surface area (Å²) in [5.41, 5.74) is 1.20. The van der Waals surface area contributed by atoms with Gasteiger partial charge >= 0.3 is 0 Å². The van der Waals surface area contributed by atoms with E-state index >= 15 is 0 Å². The zero-order chi connectivity index (χ0) is 18.7. The summed E-state index contributed by atoms with van der Waals surface area (Å²) in [6, 6.07) is 8.39. The summed E-state index contributed by atoms with van der Waals surface area (Å²) in [7, 11) is 1.70. The van der Waals surface area contributed by atoms with Gasteiger partial charge in [0.1, 0.15) is 11.5 Å². The Morgan fingerprint density at radius 1 is 1.19 bits per heavy atom. The normalized spacial score (nSPS) is 29.0. The highest BCUT2D eigenvalue weighted by molar-refractivity contribution is 5.85. The first kappa shape index (κ1) is 19.4. The molecule has 1 heterocycles. The van der Waals surface area contributed by atoms with Gasteiger partial charge in [0.05, 0.1) is 20.3 Å². The molecular weight excluding hydrogens is 326 g/mol. The fourth-order valence-corrected chi connectivity index (χ4v) is 4.75. The number of morpholine rings is 1. The lowest BCUT2D eigenvalue weighted by molar-refractivity contribution is -0.137. The SMILES string of the molecule is COc1cccc([C@H]([C@H]2C(=O)[C@@H](C(C)C)CC[C@H]2C)N2CCOCC2)c1. The second kappa shape index (κ2) is 8.53. The molecule has 1 saturated heterocycles. The van der Waals surface area contributed by atoms with Crippen LogP contribution in [0, 0.1) is 23.7 Å². The van der Waals surface area contributed by atoms with Gasteiger partial charge in [0.2, 0.25) is 0 Å². The maximum atomic E-state index is 13.5. The van der Waals surface area contributed by atoms with Crippen LogP contribution in [0.3, 0.4) is 0 Å². The van der Waals surface area contributed by atoms with Crippen LogP contribution in [-0.4, -0.2) is 44.1 Å². The molecule has 2 fully saturated rings. The van der Waals surface area contributed by atoms with Gasteiger partial charge in [-0.1, -0.05) is 32.9 Å². The van der Waals surface area contributed by atoms with Crippen molar-refractivity contribution in [1.29, 1.82) is 0 Å². The van der Waals surface area contributed by atoms with E-state index in [-0.39, 0.29) is 17.9 Å². The van der Waals surface area contributed by atoms with Crippen LogP contribution in [-0.2, 0) is 9.53 Å². The molecule has 1 aliphatic carbocycles. The van der Waals surface area contributed by atoms with Crippen molar-refractivity contribution in [2.24, 2.45) is 23.7 Å². The molecule has 26 heavy (non-hydrogen) atoms. The first-order valence-electron chi connectivity index (χ1n) is 10.0. The third kappa shape index (κ3) is 3.96. The van der Waals surface area contributed by atoms with E-state index < -0.39 is 0 Å². The van der Waals surface area contributed by atoms with Crippen molar-refractivity contribution >= 4 is 5.78 Å². The molecule has 1 aromatic rings. The van der Waals surface area contributed by atoms with Gasteiger partial charge in [0.15, 0.2) is 0 Å². The van der Waals surface area contributed by atoms with Crippen LogP contribution in [0.25, 0.3) is 0 Å². The summed E-state index contributed by atoms with van der Waals surface area (Å²) in [4.78, 5) is 16.0. The highest BCUT2D eigenvalue weighted by atomic mass is 16.5. The average molecular weight is 360 g/mol. The van der Waals surface area contributed by atoms with Crippen LogP contribution in [0.2, 0.25) is 0 Å². The number of Topliss-reactive ketones (excluding diaryl/α,β-unsaturated/α-hetero) is 1. The summed E-state index contributed by atoms with van der Waals surface area (Å²) in [5, 5.41) is 0. The molecule has 144 valence electrons. The molecule has 4 heteroatoms. The van der Waals surface area contributed by atoms with Crippen molar-refractivity contribution in [3.8, 4) is 5.75 Å². The highest BCUT2D eigenvalue weighted by Gasteiger charge is 2.44. The van der Waals surface area contributed by atoms with Crippen LogP contribution in [0.5, 0.6) is 5.75 Å². The molecule has 0 spiro atoms. The van der Waals surface area contributed by atoms with Crippen molar-refractivity contribution in [3.05, 3.63) is 29.8 Å². The Bertz CT molecular complexity index is 609. The monoisotopic (exact) mass is 359 g/mol. The van der Waals surface area contributed by atoms with Crippen molar-refractivity contribution in [3.63, 3.8) is 0 Å². The maximum Gasteiger partial charge on any atom is 0.141 e. The van der Waals surface area contributed by atoms with Crippen LogP contribution >= 0.6 is 0 Å². The standard InChI is InChI=1S/C22H33NO3/c1-15(2)19-9-8-16(3)20(22(19)24)21(23-10-12-26-13-11-23)17-6-5-7-18(14-17)25-4/h5-7,14-16,19-21H,8-13H2,1-4H3/t16-,19-,20+,21-/m1/s1. The van der Waals surface area contributed by atoms with E-state index in [1.807, 2.05) is 12.1 Å². The number of methoxy groups -OCH3 is 1. The Kier molecular flexibility index (Phi) is 6.36. The molecule has 0 aromatic heterocycles. The number of ether oxygens (including phenoxy) is 2. The van der Waals surface area contributed by atoms with Crippen molar-refractivity contribution in [1.82, 2.24) is 4.90 Å². The molecule has 1 saturated carbocycles. The molecule has 4 atom stereocenters. The minimum Gasteiger partial charge on any atom is -0.497 e. The average Bonchev–Trinajstić information content (AvgIpc) is 2.65. The van der Waals surface area contributed by atoms with Crippen LogP contribution in [0.4, 0.5) is 0 Å². The van der Waals surface area contributed by atoms with Gasteiger partial charge in [0, 0.05) is 31.0 Å². The molecule has 4 nitrogen and oxygen atoms in total. The lowest BCUT2D eigenvalue weighted by Crippen LogP contribution is -2.48. The number of hydrogen-bond donors (Lipinski definition) is 0. The fraction of sp³-hybridized carbons (Fsp3) is 0.682. The van der Waals surface area contributed by atoms with E-state index in [1.54, 1.807) is 7.11 Å². The zero-order valence-corrected chi connectivity index (χ0v) is 16.6. The quantitative estimate of drug-likeness (QED) is 0.798. The Morgan fingerprint density at radius 2 is 1.92 bits per heavy atom. The highest BCUT2D eigenvalue weighted by Crippen LogP contribution is 2.44. The number of rotatable bonds is 5. The molecule has 0 radical (unpaired) electrons. The molecule has 0 unspecified atom stereocenters. The minimum atomic E-state index is 0.0429. The van der Waals surface area contributed by atoms with Gasteiger partial charge < -0.3 is 9.47 Å². The molecule has 1 aliphatic heterocycles. The zero-order valence-electron chi connectivity index (χ0n) is 16.6. The van der Waals surface area contributed by atoms with E-state index in [0.717, 1.165) is 44.9 Å². The molecule has 0 bridgehead atoms. The molecule has 1 aromatic carbocycles. The maximum absolute atomic E-state index is 13.5. The van der Waals surface area contributed by atoms with E-state index in [1.165, 1.54) is 5.56 Å². The summed E-state index contributed by atoms with van der Waals surface area (Å²) >= 11 is 0. The molecular formula is C22H33NO3. The van der Waals surface area contributed by atoms with Gasteiger partial charge in [-0.25, -0.2) is 0 Å². The third-order valence-corrected chi connectivity index (χ3v) is 6.26. The first-order valence-corrected chi connectivity index (χ1v) is 10.0. The number of ketones is 1. The van der Waals surface area contributed by atoms with Gasteiger partial charge in [-0.3, -0.25) is 9.69 Å². The second-order valence-electron chi connectivity index (χ2n) is 8.20. The van der Waals surface area contributed by atoms with Crippen molar-refractivity contribution < 1.29 is 14.3 Å². The first-order chi connectivity index (χ1) is 12.5. The predicted molar refractivity (Wildman–Crippen MR) is 103 cm³/mol. The number of nitrogens with zero attached hydrogens (tertiary/aromatic N) is 1. The fourth-order valence-electron chi connectivity index (χ4n) is 4.75. The lowest BCUT2D eigenvalue weighted by atomic mass is 9.66. The molecule has 0 amide bonds. The summed E-state index contributed by atoms with van der Waals surface area (Å²) in [5.74, 6) is 2.35. The topological polar surface area (TPSA) is 38.8 Å². The van der Waals surface area contributed by atoms with Crippen LogP contribution in [0.15, 0.2) is 24.3 Å². The van der Waals surface area contributed by atoms with E-state index in [0.29, 0.717) is 17.6 Å². The second-order valence-corrected chi connectivity index (χ2v) is 8.20. The number of benzene rings is 1. The van der Waals surface area contributed by atoms with Gasteiger partial charge in [-0.05, 0) is 42.4 Å². The minimum absolute atomic E-state index is 0.0429. The smallest absolute Gasteiger partial charge is 0.141 e.